The number of aromatic nitrogens is 2. The van der Waals surface area contributed by atoms with E-state index in [2.05, 4.69) is 26.9 Å². The predicted octanol–water partition coefficient (Wildman–Crippen LogP) is 1.97. The largest absolute Gasteiger partial charge is 0.477 e. The number of carboxylic acid groups (broad SMARTS) is 1. The Morgan fingerprint density at radius 3 is 2.83 bits per heavy atom. The van der Waals surface area contributed by atoms with Crippen LogP contribution in [0.2, 0.25) is 0 Å². The summed E-state index contributed by atoms with van der Waals surface area (Å²) in [5.74, 6) is -0.617. The van der Waals surface area contributed by atoms with Gasteiger partial charge in [-0.1, -0.05) is 35.3 Å². The molecule has 3 aliphatic rings. The van der Waals surface area contributed by atoms with Gasteiger partial charge in [0.05, 0.1) is 0 Å². The third-order valence-corrected chi connectivity index (χ3v) is 8.42. The minimum absolute atomic E-state index is 0.0216. The van der Waals surface area contributed by atoms with Crippen molar-refractivity contribution in [1.82, 2.24) is 25.7 Å². The maximum atomic E-state index is 12.7. The molecule has 3 N–H and O–H groups in total. The first-order chi connectivity index (χ1) is 14.4. The van der Waals surface area contributed by atoms with Crippen molar-refractivity contribution in [2.24, 2.45) is 0 Å². The van der Waals surface area contributed by atoms with Crippen molar-refractivity contribution < 1.29 is 19.5 Å². The van der Waals surface area contributed by atoms with Gasteiger partial charge in [0.25, 0.3) is 5.91 Å². The van der Waals surface area contributed by atoms with Crippen molar-refractivity contribution in [3.63, 3.8) is 0 Å². The number of amides is 3. The predicted molar refractivity (Wildman–Crippen MR) is 115 cm³/mol. The Bertz CT molecular complexity index is 931. The summed E-state index contributed by atoms with van der Waals surface area (Å²) in [6.07, 6.45) is 6.69. The second kappa shape index (κ2) is 8.98. The van der Waals surface area contributed by atoms with Gasteiger partial charge in [-0.3, -0.25) is 9.69 Å². The van der Waals surface area contributed by atoms with Gasteiger partial charge in [-0.15, -0.1) is 22.0 Å². The van der Waals surface area contributed by atoms with E-state index in [1.807, 2.05) is 13.0 Å². The number of rotatable bonds is 6. The zero-order chi connectivity index (χ0) is 21.3. The molecule has 3 atom stereocenters. The smallest absolute Gasteiger partial charge is 0.352 e. The number of allylic oxidation sites excluding steroid dienone is 1. The normalized spacial score (nSPS) is 25.6. The second-order valence-corrected chi connectivity index (χ2v) is 10.6. The lowest BCUT2D eigenvalue weighted by molar-refractivity contribution is -0.148. The molecule has 0 saturated carbocycles. The highest BCUT2D eigenvalue weighted by molar-refractivity contribution is 8.01. The van der Waals surface area contributed by atoms with Crippen LogP contribution in [0.3, 0.4) is 0 Å². The third kappa shape index (κ3) is 4.35. The van der Waals surface area contributed by atoms with E-state index in [4.69, 9.17) is 0 Å². The summed E-state index contributed by atoms with van der Waals surface area (Å²) in [6, 6.07) is -1.05. The van der Waals surface area contributed by atoms with Gasteiger partial charge < -0.3 is 15.7 Å². The Labute approximate surface area is 185 Å². The van der Waals surface area contributed by atoms with E-state index in [0.29, 0.717) is 17.1 Å². The van der Waals surface area contributed by atoms with Gasteiger partial charge in [-0.05, 0) is 31.8 Å². The van der Waals surface area contributed by atoms with Crippen LogP contribution in [0.4, 0.5) is 4.79 Å². The highest BCUT2D eigenvalue weighted by atomic mass is 32.2. The Kier molecular flexibility index (Phi) is 6.34. The van der Waals surface area contributed by atoms with Gasteiger partial charge >= 0.3 is 12.0 Å². The number of hydrogen-bond acceptors (Lipinski definition) is 8. The molecule has 0 spiro atoms. The summed E-state index contributed by atoms with van der Waals surface area (Å²) in [5, 5.41) is 23.8. The minimum Gasteiger partial charge on any atom is -0.477 e. The first-order valence-electron chi connectivity index (χ1n) is 9.49. The number of aryl methyl sites for hydroxylation is 1. The van der Waals surface area contributed by atoms with Crippen LogP contribution in [0, 0.1) is 6.92 Å². The number of thioether (sulfide) groups is 2. The number of carbonyl (C=O) groups is 3. The first-order valence-corrected chi connectivity index (χ1v) is 12.3. The fourth-order valence-corrected chi connectivity index (χ4v) is 6.87. The monoisotopic (exact) mass is 467 g/mol. The maximum Gasteiger partial charge on any atom is 0.352 e. The Balaban J connectivity index is 1.40. The maximum absolute atomic E-state index is 12.7. The van der Waals surface area contributed by atoms with E-state index >= 15 is 0 Å². The van der Waals surface area contributed by atoms with Crippen LogP contribution < -0.4 is 10.6 Å². The molecule has 3 amide bonds. The fraction of sp³-hybridized carbons (Fsp3) is 0.500. The summed E-state index contributed by atoms with van der Waals surface area (Å²) in [7, 11) is 0. The van der Waals surface area contributed by atoms with E-state index in [9.17, 15) is 19.5 Å². The average molecular weight is 468 g/mol. The molecule has 2 unspecified atom stereocenters. The highest BCUT2D eigenvalue weighted by Gasteiger charge is 2.54. The van der Waals surface area contributed by atoms with Gasteiger partial charge in [0.15, 0.2) is 4.34 Å². The number of nitrogens with zero attached hydrogens (tertiary/aromatic N) is 3. The Morgan fingerprint density at radius 2 is 2.17 bits per heavy atom. The van der Waals surface area contributed by atoms with Crippen molar-refractivity contribution >= 4 is 52.8 Å². The lowest BCUT2D eigenvalue weighted by Crippen LogP contribution is -2.71. The molecule has 2 aliphatic heterocycles. The van der Waals surface area contributed by atoms with E-state index in [0.717, 1.165) is 28.6 Å². The minimum atomic E-state index is -1.13. The number of aliphatic carboxylic acids is 1. The molecule has 12 heteroatoms. The van der Waals surface area contributed by atoms with Gasteiger partial charge in [-0.25, -0.2) is 9.59 Å². The Hall–Kier alpha value is -2.05. The third-order valence-electron chi connectivity index (χ3n) is 5.02. The fourth-order valence-electron chi connectivity index (χ4n) is 3.57. The van der Waals surface area contributed by atoms with Crippen LogP contribution >= 0.6 is 34.9 Å². The molecule has 1 aromatic rings. The van der Waals surface area contributed by atoms with Crippen LogP contribution in [-0.4, -0.2) is 67.1 Å². The summed E-state index contributed by atoms with van der Waals surface area (Å²) >= 11 is 4.33. The SMILES string of the molecule is Cc1nnc(SCC2=C(C(=O)O)N3C(=O)C(NC(=O)NC4CC=CCC4)[C@H]3SC2)s1. The number of hydrogen-bond donors (Lipinski definition) is 3. The molecule has 0 radical (unpaired) electrons. The Morgan fingerprint density at radius 1 is 1.33 bits per heavy atom. The standard InChI is InChI=1S/C18H21N5O4S3/c1-9-21-22-18(30-9)29-8-10-7-28-15-12(14(24)23(15)13(10)16(25)26)20-17(27)19-11-5-3-2-4-6-11/h2-3,11-12,15H,4-8H2,1H3,(H,25,26)(H2,19,20,27)/t11?,12?,15-/m1/s1. The molecule has 4 rings (SSSR count). The van der Waals surface area contributed by atoms with Crippen LogP contribution in [0.5, 0.6) is 0 Å². The number of carboxylic acids is 1. The molecule has 9 nitrogen and oxygen atoms in total. The number of β-lactam (4-membered cyclic amide) rings is 1. The summed E-state index contributed by atoms with van der Waals surface area (Å²) in [5.41, 5.74) is 0.695. The highest BCUT2D eigenvalue weighted by Crippen LogP contribution is 2.41. The topological polar surface area (TPSA) is 125 Å². The zero-order valence-electron chi connectivity index (χ0n) is 16.2. The van der Waals surface area contributed by atoms with E-state index in [-0.39, 0.29) is 17.8 Å². The van der Waals surface area contributed by atoms with Gasteiger partial charge in [-0.2, -0.15) is 0 Å². The molecule has 30 heavy (non-hydrogen) atoms. The molecule has 3 heterocycles. The molecule has 0 aromatic carbocycles. The van der Waals surface area contributed by atoms with Crippen LogP contribution in [0.25, 0.3) is 0 Å². The van der Waals surface area contributed by atoms with Gasteiger partial charge in [0.1, 0.15) is 22.1 Å². The van der Waals surface area contributed by atoms with Crippen LogP contribution in [0.15, 0.2) is 27.8 Å². The zero-order valence-corrected chi connectivity index (χ0v) is 18.6. The molecule has 1 aliphatic carbocycles. The van der Waals surface area contributed by atoms with E-state index in [1.54, 1.807) is 0 Å². The summed E-state index contributed by atoms with van der Waals surface area (Å²) in [6.45, 7) is 1.86. The van der Waals surface area contributed by atoms with Crippen LogP contribution in [0.1, 0.15) is 24.3 Å². The van der Waals surface area contributed by atoms with E-state index in [1.165, 1.54) is 39.8 Å². The summed E-state index contributed by atoms with van der Waals surface area (Å²) in [4.78, 5) is 38.2. The lowest BCUT2D eigenvalue weighted by atomic mass is 10.0. The average Bonchev–Trinajstić information content (AvgIpc) is 3.15. The molecular weight excluding hydrogens is 446 g/mol. The molecule has 1 fully saturated rings. The summed E-state index contributed by atoms with van der Waals surface area (Å²) < 4.78 is 0.764. The van der Waals surface area contributed by atoms with Crippen molar-refractivity contribution in [3.05, 3.63) is 28.4 Å². The molecule has 1 aromatic heterocycles. The lowest BCUT2D eigenvalue weighted by Gasteiger charge is -2.49. The van der Waals surface area contributed by atoms with Crippen molar-refractivity contribution in [2.45, 2.75) is 48.0 Å². The molecule has 0 bridgehead atoms. The quantitative estimate of drug-likeness (QED) is 0.330. The van der Waals surface area contributed by atoms with Gasteiger partial charge in [0, 0.05) is 17.5 Å². The van der Waals surface area contributed by atoms with E-state index < -0.39 is 23.3 Å². The molecule has 160 valence electrons. The molecular formula is C18H21N5O4S3. The second-order valence-electron chi connectivity index (χ2n) is 7.12. The number of fused-ring (bicyclic) bond motifs is 1. The number of carbonyl (C=O) groups excluding carboxylic acids is 2. The van der Waals surface area contributed by atoms with Crippen LogP contribution in [-0.2, 0) is 9.59 Å². The number of nitrogens with one attached hydrogen (secondary N) is 2. The number of urea groups is 1. The van der Waals surface area contributed by atoms with Crippen molar-refractivity contribution in [2.75, 3.05) is 11.5 Å². The van der Waals surface area contributed by atoms with Crippen molar-refractivity contribution in [1.29, 1.82) is 0 Å². The molecule has 1 saturated heterocycles. The van der Waals surface area contributed by atoms with Gasteiger partial charge in [0.2, 0.25) is 0 Å². The van der Waals surface area contributed by atoms with Crippen molar-refractivity contribution in [3.8, 4) is 0 Å². The first kappa shape index (κ1) is 21.2.